The van der Waals surface area contributed by atoms with Gasteiger partial charge in [-0.25, -0.2) is 4.79 Å². The zero-order chi connectivity index (χ0) is 21.8. The molecule has 31 heavy (non-hydrogen) atoms. The van der Waals surface area contributed by atoms with Crippen molar-refractivity contribution >= 4 is 34.0 Å². The number of anilines is 2. The molecule has 0 fully saturated rings. The van der Waals surface area contributed by atoms with E-state index in [1.807, 2.05) is 42.5 Å². The Balaban J connectivity index is 1.66. The van der Waals surface area contributed by atoms with E-state index in [2.05, 4.69) is 20.6 Å². The Bertz CT molecular complexity index is 1110. The molecule has 1 aliphatic rings. The van der Waals surface area contributed by atoms with Crippen LogP contribution in [-0.2, 0) is 17.3 Å². The number of carbonyl (C=O) groups excluding carboxylic acids is 2. The van der Waals surface area contributed by atoms with E-state index in [1.165, 1.54) is 4.90 Å². The third-order valence-corrected chi connectivity index (χ3v) is 5.78. The molecular formula is C22H23N5O3S. The number of pyridine rings is 1. The highest BCUT2D eigenvalue weighted by Crippen LogP contribution is 2.37. The number of aromatic amines is 1. The van der Waals surface area contributed by atoms with Crippen LogP contribution in [0.3, 0.4) is 0 Å². The highest BCUT2D eigenvalue weighted by atomic mass is 32.2. The molecule has 1 unspecified atom stereocenters. The summed E-state index contributed by atoms with van der Waals surface area (Å²) in [4.78, 5) is 34.5. The van der Waals surface area contributed by atoms with Crippen molar-refractivity contribution in [3.63, 3.8) is 0 Å². The van der Waals surface area contributed by atoms with E-state index < -0.39 is 10.8 Å². The van der Waals surface area contributed by atoms with Gasteiger partial charge in [0.05, 0.1) is 30.0 Å². The highest BCUT2D eigenvalue weighted by Gasteiger charge is 2.32. The fourth-order valence-corrected chi connectivity index (χ4v) is 3.95. The fraction of sp³-hybridized carbons (Fsp3) is 0.227. The van der Waals surface area contributed by atoms with Crippen molar-refractivity contribution in [2.75, 3.05) is 30.4 Å². The number of ketones is 1. The Morgan fingerprint density at radius 3 is 2.61 bits per heavy atom. The Morgan fingerprint density at radius 2 is 1.90 bits per heavy atom. The zero-order valence-corrected chi connectivity index (χ0v) is 17.9. The number of carbonyl (C=O) groups is 2. The minimum atomic E-state index is -0.990. The van der Waals surface area contributed by atoms with Crippen LogP contribution in [0.5, 0.6) is 0 Å². The number of hydrogen-bond acceptors (Lipinski definition) is 5. The van der Waals surface area contributed by atoms with Gasteiger partial charge in [-0.3, -0.25) is 14.0 Å². The number of H-pyrrole nitrogens is 1. The van der Waals surface area contributed by atoms with Crippen LogP contribution in [0.4, 0.5) is 16.2 Å². The summed E-state index contributed by atoms with van der Waals surface area (Å²) in [6, 6.07) is 13.0. The number of benzene rings is 1. The lowest BCUT2D eigenvalue weighted by Gasteiger charge is -2.26. The molecule has 9 heteroatoms. The van der Waals surface area contributed by atoms with Gasteiger partial charge in [0.25, 0.3) is 0 Å². The predicted molar refractivity (Wildman–Crippen MR) is 121 cm³/mol. The summed E-state index contributed by atoms with van der Waals surface area (Å²) >= 11 is 0. The number of para-hydroxylation sites is 1. The molecule has 1 aliphatic heterocycles. The van der Waals surface area contributed by atoms with E-state index in [0.717, 1.165) is 16.9 Å². The molecule has 0 spiro atoms. The molecule has 0 aliphatic carbocycles. The maximum atomic E-state index is 13.1. The zero-order valence-electron chi connectivity index (χ0n) is 17.1. The van der Waals surface area contributed by atoms with Crippen molar-refractivity contribution in [2.45, 2.75) is 6.54 Å². The topological polar surface area (TPSA) is 107 Å². The number of nitrogens with one attached hydrogen (secondary N) is 3. The Kier molecular flexibility index (Phi) is 6.13. The van der Waals surface area contributed by atoms with Crippen molar-refractivity contribution in [2.24, 2.45) is 0 Å². The molecule has 1 aromatic carbocycles. The van der Waals surface area contributed by atoms with Crippen LogP contribution in [0.15, 0.2) is 54.9 Å². The number of rotatable bonds is 6. The molecule has 0 saturated heterocycles. The molecule has 0 radical (unpaired) electrons. The number of urea groups is 1. The number of aromatic nitrogens is 2. The van der Waals surface area contributed by atoms with E-state index >= 15 is 0 Å². The van der Waals surface area contributed by atoms with Crippen LogP contribution >= 0.6 is 0 Å². The molecule has 3 N–H and O–H groups in total. The van der Waals surface area contributed by atoms with E-state index in [-0.39, 0.29) is 24.9 Å². The average Bonchev–Trinajstić information content (AvgIpc) is 3.13. The summed E-state index contributed by atoms with van der Waals surface area (Å²) in [7, 11) is -0.990. The molecule has 2 amide bonds. The predicted octanol–water partition coefficient (Wildman–Crippen LogP) is 2.91. The third-order valence-electron chi connectivity index (χ3n) is 5.01. The summed E-state index contributed by atoms with van der Waals surface area (Å²) in [6.07, 6.45) is 4.98. The van der Waals surface area contributed by atoms with Crippen LogP contribution in [0.2, 0.25) is 0 Å². The second-order valence-corrected chi connectivity index (χ2v) is 8.80. The number of hydrogen-bond donors (Lipinski definition) is 3. The molecule has 8 nitrogen and oxygen atoms in total. The van der Waals surface area contributed by atoms with Crippen molar-refractivity contribution in [1.82, 2.24) is 20.2 Å². The first-order valence-electron chi connectivity index (χ1n) is 9.86. The molecule has 160 valence electrons. The molecule has 3 aromatic rings. The first-order valence-corrected chi connectivity index (χ1v) is 11.6. The molecule has 3 heterocycles. The van der Waals surface area contributed by atoms with Gasteiger partial charge in [-0.05, 0) is 24.3 Å². The molecule has 4 rings (SSSR count). The van der Waals surface area contributed by atoms with Crippen LogP contribution < -0.4 is 10.6 Å². The van der Waals surface area contributed by atoms with Gasteiger partial charge in [0, 0.05) is 58.7 Å². The molecule has 0 saturated carbocycles. The largest absolute Gasteiger partial charge is 0.355 e. The van der Waals surface area contributed by atoms with Gasteiger partial charge >= 0.3 is 6.03 Å². The molecule has 2 aromatic heterocycles. The first kappa shape index (κ1) is 20.8. The van der Waals surface area contributed by atoms with E-state index in [0.29, 0.717) is 29.2 Å². The average molecular weight is 438 g/mol. The van der Waals surface area contributed by atoms with Gasteiger partial charge < -0.3 is 20.5 Å². The molecule has 1 atom stereocenters. The third kappa shape index (κ3) is 4.66. The van der Waals surface area contributed by atoms with Crippen LogP contribution in [-0.4, -0.2) is 56.0 Å². The standard InChI is InChI=1S/C22H23N5O3S/c1-31(30)12-11-24-22(29)27-13-17-19(18(28)14-27)21(25-16-5-3-2-4-6-16)20(26-17)15-7-9-23-10-8-15/h2-10,25-26H,11-14H2,1H3,(H,24,29). The van der Waals surface area contributed by atoms with Crippen molar-refractivity contribution in [3.05, 3.63) is 66.1 Å². The number of Topliss-reactive ketones (excluding diaryl/α,β-unsaturated/α-hetero) is 1. The SMILES string of the molecule is CS(=O)CCNC(=O)N1CC(=O)c2c([nH]c(-c3ccncc3)c2Nc2ccccc2)C1. The second-order valence-electron chi connectivity index (χ2n) is 7.24. The Labute approximate surface area is 182 Å². The Hall–Kier alpha value is -3.46. The molecular weight excluding hydrogens is 414 g/mol. The lowest BCUT2D eigenvalue weighted by Crippen LogP contribution is -2.45. The van der Waals surface area contributed by atoms with Crippen LogP contribution in [0.25, 0.3) is 11.3 Å². The lowest BCUT2D eigenvalue weighted by molar-refractivity contribution is 0.0919. The fourth-order valence-electron chi connectivity index (χ4n) is 3.56. The number of amides is 2. The smallest absolute Gasteiger partial charge is 0.318 e. The van der Waals surface area contributed by atoms with Crippen LogP contribution in [0.1, 0.15) is 16.1 Å². The van der Waals surface area contributed by atoms with E-state index in [1.54, 1.807) is 18.6 Å². The monoisotopic (exact) mass is 437 g/mol. The van der Waals surface area contributed by atoms with Crippen molar-refractivity contribution in [3.8, 4) is 11.3 Å². The minimum Gasteiger partial charge on any atom is -0.355 e. The first-order chi connectivity index (χ1) is 15.0. The summed E-state index contributed by atoms with van der Waals surface area (Å²) in [5, 5.41) is 6.11. The van der Waals surface area contributed by atoms with Gasteiger partial charge in [-0.2, -0.15) is 0 Å². The maximum Gasteiger partial charge on any atom is 0.318 e. The minimum absolute atomic E-state index is 0.0227. The Morgan fingerprint density at radius 1 is 1.16 bits per heavy atom. The van der Waals surface area contributed by atoms with Gasteiger partial charge in [-0.1, -0.05) is 18.2 Å². The molecule has 0 bridgehead atoms. The quantitative estimate of drug-likeness (QED) is 0.550. The summed E-state index contributed by atoms with van der Waals surface area (Å²) in [6.45, 7) is 0.551. The summed E-state index contributed by atoms with van der Waals surface area (Å²) < 4.78 is 11.2. The maximum absolute atomic E-state index is 13.1. The van der Waals surface area contributed by atoms with E-state index in [9.17, 15) is 13.8 Å². The van der Waals surface area contributed by atoms with Gasteiger partial charge in [0.2, 0.25) is 0 Å². The van der Waals surface area contributed by atoms with Gasteiger partial charge in [0.15, 0.2) is 5.78 Å². The lowest BCUT2D eigenvalue weighted by atomic mass is 10.0. The van der Waals surface area contributed by atoms with Gasteiger partial charge in [-0.15, -0.1) is 0 Å². The second kappa shape index (κ2) is 9.13. The highest BCUT2D eigenvalue weighted by molar-refractivity contribution is 7.84. The number of nitrogens with zero attached hydrogens (tertiary/aromatic N) is 2. The summed E-state index contributed by atoms with van der Waals surface area (Å²) in [5.74, 6) is 0.226. The van der Waals surface area contributed by atoms with Crippen molar-refractivity contribution in [1.29, 1.82) is 0 Å². The number of fused-ring (bicyclic) bond motifs is 1. The normalized spacial score (nSPS) is 14.1. The van der Waals surface area contributed by atoms with Crippen LogP contribution in [0, 0.1) is 0 Å². The van der Waals surface area contributed by atoms with Gasteiger partial charge in [0.1, 0.15) is 0 Å². The van der Waals surface area contributed by atoms with Crippen molar-refractivity contribution < 1.29 is 13.8 Å². The van der Waals surface area contributed by atoms with E-state index in [4.69, 9.17) is 0 Å². The summed E-state index contributed by atoms with van der Waals surface area (Å²) in [5.41, 5.74) is 4.45.